The molecule has 27 heavy (non-hydrogen) atoms. The van der Waals surface area contributed by atoms with E-state index < -0.39 is 11.9 Å². The van der Waals surface area contributed by atoms with E-state index in [2.05, 4.69) is 9.97 Å². The van der Waals surface area contributed by atoms with Crippen molar-refractivity contribution >= 4 is 22.5 Å². The summed E-state index contributed by atoms with van der Waals surface area (Å²) in [6.45, 7) is 0. The molecule has 0 fully saturated rings. The van der Waals surface area contributed by atoms with Crippen molar-refractivity contribution in [2.75, 3.05) is 0 Å². The first kappa shape index (κ1) is 15.5. The second-order valence-corrected chi connectivity index (χ2v) is 6.44. The first-order valence-electron chi connectivity index (χ1n) is 8.46. The summed E-state index contributed by atoms with van der Waals surface area (Å²) in [5.74, 6) is -1.26. The first-order chi connectivity index (χ1) is 13.1. The average molecular weight is 359 g/mol. The molecular formula is C20H13N3O4. The Morgan fingerprint density at radius 3 is 2.78 bits per heavy atom. The number of hydrogen-bond donors (Lipinski definition) is 1. The summed E-state index contributed by atoms with van der Waals surface area (Å²) < 4.78 is 6.61. The molecule has 0 spiro atoms. The number of fused-ring (bicyclic) bond motifs is 3. The molecule has 0 radical (unpaired) electrons. The lowest BCUT2D eigenvalue weighted by Gasteiger charge is -2.23. The molecule has 0 saturated carbocycles. The number of aromatic nitrogens is 3. The maximum atomic E-state index is 13.1. The Balaban J connectivity index is 1.82. The summed E-state index contributed by atoms with van der Waals surface area (Å²) >= 11 is 0. The topological polar surface area (TPSA) is 93.5 Å². The van der Waals surface area contributed by atoms with Gasteiger partial charge in [-0.15, -0.1) is 0 Å². The monoisotopic (exact) mass is 359 g/mol. The van der Waals surface area contributed by atoms with Gasteiger partial charge in [-0.3, -0.25) is 18.8 Å². The van der Waals surface area contributed by atoms with Crippen molar-refractivity contribution in [2.24, 2.45) is 0 Å². The number of para-hydroxylation sites is 1. The van der Waals surface area contributed by atoms with Gasteiger partial charge in [-0.1, -0.05) is 24.3 Å². The fraction of sp³-hybridized carbons (Fsp3) is 0.100. The third-order valence-corrected chi connectivity index (χ3v) is 4.82. The zero-order valence-corrected chi connectivity index (χ0v) is 14.0. The van der Waals surface area contributed by atoms with Crippen LogP contribution < -0.4 is 15.9 Å². The van der Waals surface area contributed by atoms with E-state index in [0.717, 1.165) is 5.39 Å². The molecule has 0 saturated heterocycles. The van der Waals surface area contributed by atoms with Gasteiger partial charge in [0.1, 0.15) is 5.65 Å². The molecule has 5 rings (SSSR count). The quantitative estimate of drug-likeness (QED) is 0.525. The average Bonchev–Trinajstić information content (AvgIpc) is 2.67. The first-order valence-corrected chi connectivity index (χ1v) is 8.46. The summed E-state index contributed by atoms with van der Waals surface area (Å²) in [4.78, 5) is 45.0. The Labute approximate surface area is 151 Å². The molecule has 1 aliphatic rings. The molecule has 0 bridgehead atoms. The molecule has 1 aromatic carbocycles. The zero-order valence-electron chi connectivity index (χ0n) is 14.0. The number of aromatic amines is 1. The third-order valence-electron chi connectivity index (χ3n) is 4.82. The van der Waals surface area contributed by atoms with Gasteiger partial charge >= 0.3 is 5.97 Å². The molecule has 1 atom stereocenters. The Morgan fingerprint density at radius 2 is 1.89 bits per heavy atom. The van der Waals surface area contributed by atoms with Gasteiger partial charge in [0, 0.05) is 23.2 Å². The molecule has 132 valence electrons. The van der Waals surface area contributed by atoms with Gasteiger partial charge in [-0.05, 0) is 29.7 Å². The number of nitrogens with zero attached hydrogens (tertiary/aromatic N) is 2. The van der Waals surface area contributed by atoms with E-state index in [1.54, 1.807) is 36.5 Å². The highest BCUT2D eigenvalue weighted by Gasteiger charge is 2.34. The molecule has 1 N–H and O–H groups in total. The Morgan fingerprint density at radius 1 is 1.07 bits per heavy atom. The van der Waals surface area contributed by atoms with E-state index >= 15 is 0 Å². The van der Waals surface area contributed by atoms with E-state index in [4.69, 9.17) is 4.74 Å². The maximum Gasteiger partial charge on any atom is 0.313 e. The minimum absolute atomic E-state index is 0.0278. The van der Waals surface area contributed by atoms with Crippen LogP contribution in [0.5, 0.6) is 5.88 Å². The number of benzene rings is 1. The molecule has 7 heteroatoms. The second kappa shape index (κ2) is 5.63. The van der Waals surface area contributed by atoms with Crippen LogP contribution in [0.2, 0.25) is 0 Å². The van der Waals surface area contributed by atoms with Crippen molar-refractivity contribution in [3.05, 3.63) is 86.6 Å². The van der Waals surface area contributed by atoms with Gasteiger partial charge in [0.25, 0.3) is 11.1 Å². The van der Waals surface area contributed by atoms with Crippen LogP contribution in [0.15, 0.2) is 64.3 Å². The predicted octanol–water partition coefficient (Wildman–Crippen LogP) is 1.98. The molecule has 3 aromatic heterocycles. The van der Waals surface area contributed by atoms with Crippen molar-refractivity contribution in [1.82, 2.24) is 14.4 Å². The lowest BCUT2D eigenvalue weighted by molar-refractivity contribution is -0.135. The van der Waals surface area contributed by atoms with Crippen LogP contribution in [0.1, 0.15) is 23.5 Å². The van der Waals surface area contributed by atoms with Gasteiger partial charge in [0.2, 0.25) is 5.88 Å². The Kier molecular flexibility index (Phi) is 3.24. The van der Waals surface area contributed by atoms with Crippen LogP contribution in [-0.4, -0.2) is 20.3 Å². The van der Waals surface area contributed by atoms with Gasteiger partial charge in [-0.25, -0.2) is 0 Å². The second-order valence-electron chi connectivity index (χ2n) is 6.44. The van der Waals surface area contributed by atoms with Crippen LogP contribution in [-0.2, 0) is 4.79 Å². The highest BCUT2D eigenvalue weighted by Crippen LogP contribution is 2.34. The van der Waals surface area contributed by atoms with Crippen molar-refractivity contribution in [2.45, 2.75) is 12.3 Å². The van der Waals surface area contributed by atoms with Gasteiger partial charge in [0.05, 0.1) is 12.0 Å². The number of nitrogens with one attached hydrogen (secondary N) is 1. The van der Waals surface area contributed by atoms with Crippen molar-refractivity contribution in [3.63, 3.8) is 0 Å². The Bertz CT molecular complexity index is 1350. The zero-order chi connectivity index (χ0) is 18.5. The largest absolute Gasteiger partial charge is 0.407 e. The van der Waals surface area contributed by atoms with Crippen LogP contribution in [0.4, 0.5) is 0 Å². The fourth-order valence-corrected chi connectivity index (χ4v) is 3.57. The van der Waals surface area contributed by atoms with Gasteiger partial charge in [-0.2, -0.15) is 4.98 Å². The SMILES string of the molecule is O=C1CC(c2cc3ccccc3[nH]c2=O)c2c(nc3ccccn3c2=O)O1. The van der Waals surface area contributed by atoms with Crippen LogP contribution >= 0.6 is 0 Å². The molecular weight excluding hydrogens is 346 g/mol. The van der Waals surface area contributed by atoms with Crippen molar-refractivity contribution < 1.29 is 9.53 Å². The van der Waals surface area contributed by atoms with Crippen molar-refractivity contribution in [1.29, 1.82) is 0 Å². The fourth-order valence-electron chi connectivity index (χ4n) is 3.57. The smallest absolute Gasteiger partial charge is 0.313 e. The number of carbonyl (C=O) groups excluding carboxylic acids is 1. The third kappa shape index (κ3) is 2.36. The number of pyridine rings is 2. The summed E-state index contributed by atoms with van der Waals surface area (Å²) in [7, 11) is 0. The summed E-state index contributed by atoms with van der Waals surface area (Å²) in [6.07, 6.45) is 1.51. The van der Waals surface area contributed by atoms with Crippen LogP contribution in [0.25, 0.3) is 16.6 Å². The highest BCUT2D eigenvalue weighted by atomic mass is 16.5. The predicted molar refractivity (Wildman–Crippen MR) is 98.1 cm³/mol. The van der Waals surface area contributed by atoms with E-state index in [0.29, 0.717) is 16.7 Å². The number of ether oxygens (including phenoxy) is 1. The lowest BCUT2D eigenvalue weighted by Crippen LogP contribution is -2.33. The lowest BCUT2D eigenvalue weighted by atomic mass is 9.88. The number of rotatable bonds is 1. The van der Waals surface area contributed by atoms with Gasteiger partial charge in [0.15, 0.2) is 0 Å². The molecule has 7 nitrogen and oxygen atoms in total. The van der Waals surface area contributed by atoms with E-state index in [9.17, 15) is 14.4 Å². The van der Waals surface area contributed by atoms with Crippen LogP contribution in [0.3, 0.4) is 0 Å². The van der Waals surface area contributed by atoms with Crippen molar-refractivity contribution in [3.8, 4) is 5.88 Å². The Hall–Kier alpha value is -3.74. The minimum Gasteiger partial charge on any atom is -0.407 e. The normalized spacial score (nSPS) is 16.3. The molecule has 0 aliphatic carbocycles. The van der Waals surface area contributed by atoms with E-state index in [1.165, 1.54) is 4.40 Å². The molecule has 1 aliphatic heterocycles. The maximum absolute atomic E-state index is 13.1. The van der Waals surface area contributed by atoms with Gasteiger partial charge < -0.3 is 9.72 Å². The number of carbonyl (C=O) groups is 1. The molecule has 4 heterocycles. The summed E-state index contributed by atoms with van der Waals surface area (Å²) in [5, 5.41) is 0.821. The summed E-state index contributed by atoms with van der Waals surface area (Å²) in [6, 6.07) is 14.2. The van der Waals surface area contributed by atoms with Crippen LogP contribution in [0, 0.1) is 0 Å². The highest BCUT2D eigenvalue weighted by molar-refractivity contribution is 5.81. The van der Waals surface area contributed by atoms with E-state index in [-0.39, 0.29) is 29.0 Å². The molecule has 1 unspecified atom stereocenters. The summed E-state index contributed by atoms with van der Waals surface area (Å²) in [5.41, 5.74) is 0.957. The standard InChI is InChI=1S/C20H13N3O4/c24-16-10-12(13-9-11-5-1-2-6-14(11)21-18(13)25)17-19(27-16)22-15-7-3-4-8-23(15)20(17)26/h1-9,12H,10H2,(H,21,25). The number of esters is 1. The molecule has 4 aromatic rings. The minimum atomic E-state index is -0.716. The number of H-pyrrole nitrogens is 1. The molecule has 0 amide bonds. The van der Waals surface area contributed by atoms with E-state index in [1.807, 2.05) is 18.2 Å². The number of hydrogen-bond acceptors (Lipinski definition) is 5.